The van der Waals surface area contributed by atoms with Crippen LogP contribution in [0.2, 0.25) is 0 Å². The number of nitrogens with one attached hydrogen (secondary N) is 2. The van der Waals surface area contributed by atoms with E-state index in [9.17, 15) is 13.2 Å². The monoisotopic (exact) mass is 473 g/mol. The van der Waals surface area contributed by atoms with Gasteiger partial charge in [0.2, 0.25) is 15.9 Å². The largest absolute Gasteiger partial charge is 0.381 e. The second-order valence-electron chi connectivity index (χ2n) is 9.44. The Bertz CT molecular complexity index is 1020. The van der Waals surface area contributed by atoms with Gasteiger partial charge in [0.25, 0.3) is 0 Å². The Morgan fingerprint density at radius 1 is 1.03 bits per heavy atom. The van der Waals surface area contributed by atoms with Gasteiger partial charge in [-0.15, -0.1) is 0 Å². The van der Waals surface area contributed by atoms with Crippen LogP contribution >= 0.6 is 0 Å². The molecule has 1 aliphatic rings. The Morgan fingerprint density at radius 3 is 2.18 bits per heavy atom. The van der Waals surface area contributed by atoms with Crippen molar-refractivity contribution in [3.63, 3.8) is 0 Å². The first-order valence-corrected chi connectivity index (χ1v) is 12.8. The molecule has 1 fully saturated rings. The molecule has 0 spiro atoms. The highest BCUT2D eigenvalue weighted by atomic mass is 32.2. The highest BCUT2D eigenvalue weighted by Crippen LogP contribution is 2.24. The van der Waals surface area contributed by atoms with Gasteiger partial charge >= 0.3 is 0 Å². The zero-order valence-electron chi connectivity index (χ0n) is 19.9. The van der Waals surface area contributed by atoms with Crippen molar-refractivity contribution in [2.45, 2.75) is 56.4 Å². The van der Waals surface area contributed by atoms with Crippen molar-refractivity contribution in [1.29, 1.82) is 0 Å². The molecule has 0 saturated carbocycles. The molecule has 0 aliphatic carbocycles. The number of carbonyl (C=O) groups excluding carboxylic acids is 1. The summed E-state index contributed by atoms with van der Waals surface area (Å²) >= 11 is 0. The van der Waals surface area contributed by atoms with Gasteiger partial charge in [0.1, 0.15) is 0 Å². The van der Waals surface area contributed by atoms with Crippen LogP contribution in [0.15, 0.2) is 53.4 Å². The van der Waals surface area contributed by atoms with Crippen LogP contribution in [-0.4, -0.2) is 47.2 Å². The number of sulfonamides is 1. The number of anilines is 2. The van der Waals surface area contributed by atoms with Crippen molar-refractivity contribution in [2.75, 3.05) is 37.0 Å². The molecule has 8 heteroatoms. The van der Waals surface area contributed by atoms with Crippen molar-refractivity contribution in [2.24, 2.45) is 0 Å². The first kappa shape index (κ1) is 25.2. The van der Waals surface area contributed by atoms with E-state index < -0.39 is 10.0 Å². The van der Waals surface area contributed by atoms with E-state index in [-0.39, 0.29) is 29.2 Å². The molecule has 1 saturated heterocycles. The van der Waals surface area contributed by atoms with Crippen LogP contribution in [0.4, 0.5) is 11.4 Å². The Hall–Kier alpha value is -2.42. The lowest BCUT2D eigenvalue weighted by Gasteiger charge is -2.33. The lowest BCUT2D eigenvalue weighted by molar-refractivity contribution is -0.116. The molecular formula is C25H35N3O4S. The molecular weight excluding hydrogens is 438 g/mol. The molecule has 1 aliphatic heterocycles. The lowest BCUT2D eigenvalue weighted by Crippen LogP contribution is -2.36. The van der Waals surface area contributed by atoms with Crippen LogP contribution in [0.3, 0.4) is 0 Å². The van der Waals surface area contributed by atoms with E-state index in [2.05, 4.69) is 35.7 Å². The minimum Gasteiger partial charge on any atom is -0.381 e. The highest BCUT2D eigenvalue weighted by molar-refractivity contribution is 7.89. The van der Waals surface area contributed by atoms with Gasteiger partial charge in [-0.3, -0.25) is 4.79 Å². The third-order valence-corrected chi connectivity index (χ3v) is 7.44. The van der Waals surface area contributed by atoms with Crippen LogP contribution in [-0.2, 0) is 25.0 Å². The molecule has 0 atom stereocenters. The van der Waals surface area contributed by atoms with E-state index in [0.29, 0.717) is 11.8 Å². The van der Waals surface area contributed by atoms with Gasteiger partial charge in [0.15, 0.2) is 0 Å². The van der Waals surface area contributed by atoms with E-state index in [4.69, 9.17) is 4.74 Å². The molecule has 2 N–H and O–H groups in total. The second-order valence-corrected chi connectivity index (χ2v) is 11.2. The number of carbonyl (C=O) groups is 1. The van der Waals surface area contributed by atoms with Gasteiger partial charge in [-0.1, -0.05) is 32.9 Å². The van der Waals surface area contributed by atoms with Crippen LogP contribution in [0, 0.1) is 0 Å². The predicted octanol–water partition coefficient (Wildman–Crippen LogP) is 3.91. The molecule has 33 heavy (non-hydrogen) atoms. The molecule has 2 aromatic carbocycles. The number of hydrogen-bond donors (Lipinski definition) is 2. The van der Waals surface area contributed by atoms with E-state index in [1.165, 1.54) is 0 Å². The molecule has 1 amide bonds. The summed E-state index contributed by atoms with van der Waals surface area (Å²) in [4.78, 5) is 14.8. The predicted molar refractivity (Wildman–Crippen MR) is 132 cm³/mol. The molecule has 1 heterocycles. The Balaban J connectivity index is 1.46. The number of benzene rings is 2. The molecule has 7 nitrogen and oxygen atoms in total. The van der Waals surface area contributed by atoms with Crippen LogP contribution in [0.5, 0.6) is 0 Å². The lowest BCUT2D eigenvalue weighted by atomic mass is 9.87. The third kappa shape index (κ3) is 7.03. The summed E-state index contributed by atoms with van der Waals surface area (Å²) in [6, 6.07) is 14.6. The van der Waals surface area contributed by atoms with Crippen molar-refractivity contribution in [3.05, 3.63) is 54.1 Å². The maximum atomic E-state index is 12.5. The summed E-state index contributed by atoms with van der Waals surface area (Å²) < 4.78 is 32.9. The third-order valence-electron chi connectivity index (χ3n) is 5.97. The first-order valence-electron chi connectivity index (χ1n) is 11.4. The van der Waals surface area contributed by atoms with Crippen molar-refractivity contribution in [1.82, 2.24) is 4.72 Å². The maximum absolute atomic E-state index is 12.5. The summed E-state index contributed by atoms with van der Waals surface area (Å²) in [5, 5.41) is 2.83. The van der Waals surface area contributed by atoms with Crippen molar-refractivity contribution >= 4 is 27.3 Å². The molecule has 3 rings (SSSR count). The fourth-order valence-electron chi connectivity index (χ4n) is 3.85. The number of ether oxygens (including phenoxy) is 1. The number of hydrogen-bond acceptors (Lipinski definition) is 5. The Labute approximate surface area is 197 Å². The molecule has 180 valence electrons. The SMILES string of the molecule is COC1CCN(c2ccc(NC(=O)CCNS(=O)(=O)c3ccc(C(C)(C)C)cc3)cc2)CC1. The summed E-state index contributed by atoms with van der Waals surface area (Å²) in [7, 11) is -1.90. The van der Waals surface area contributed by atoms with Gasteiger partial charge in [0, 0.05) is 44.5 Å². The highest BCUT2D eigenvalue weighted by Gasteiger charge is 2.19. The summed E-state index contributed by atoms with van der Waals surface area (Å²) in [6.45, 7) is 8.15. The molecule has 0 bridgehead atoms. The molecule has 0 radical (unpaired) electrons. The average Bonchev–Trinajstić information content (AvgIpc) is 2.79. The maximum Gasteiger partial charge on any atom is 0.240 e. The van der Waals surface area contributed by atoms with Crippen molar-refractivity contribution < 1.29 is 17.9 Å². The molecule has 0 aromatic heterocycles. The summed E-state index contributed by atoms with van der Waals surface area (Å²) in [6.07, 6.45) is 2.39. The number of rotatable bonds is 8. The van der Waals surface area contributed by atoms with Gasteiger partial charge in [-0.05, 0) is 60.2 Å². The number of piperidine rings is 1. The normalized spacial score (nSPS) is 15.5. The minimum absolute atomic E-state index is 0.0295. The molecule has 2 aromatic rings. The number of methoxy groups -OCH3 is 1. The van der Waals surface area contributed by atoms with E-state index in [1.807, 2.05) is 36.4 Å². The van der Waals surface area contributed by atoms with Crippen LogP contribution in [0.1, 0.15) is 45.6 Å². The second kappa shape index (κ2) is 10.7. The minimum atomic E-state index is -3.66. The Morgan fingerprint density at radius 2 is 1.64 bits per heavy atom. The Kier molecular flexibility index (Phi) is 8.15. The van der Waals surface area contributed by atoms with Crippen molar-refractivity contribution in [3.8, 4) is 0 Å². The van der Waals surface area contributed by atoms with Gasteiger partial charge in [-0.2, -0.15) is 0 Å². The average molecular weight is 474 g/mol. The van der Waals surface area contributed by atoms with E-state index >= 15 is 0 Å². The van der Waals surface area contributed by atoms with E-state index in [1.54, 1.807) is 19.2 Å². The smallest absolute Gasteiger partial charge is 0.240 e. The zero-order chi connectivity index (χ0) is 24.1. The van der Waals surface area contributed by atoms with Crippen LogP contribution < -0.4 is 14.9 Å². The number of nitrogens with zero attached hydrogens (tertiary/aromatic N) is 1. The number of amides is 1. The van der Waals surface area contributed by atoms with Gasteiger partial charge in [-0.25, -0.2) is 13.1 Å². The fraction of sp³-hybridized carbons (Fsp3) is 0.480. The van der Waals surface area contributed by atoms with Gasteiger partial charge in [0.05, 0.1) is 11.0 Å². The van der Waals surface area contributed by atoms with Crippen LogP contribution in [0.25, 0.3) is 0 Å². The fourth-order valence-corrected chi connectivity index (χ4v) is 4.88. The summed E-state index contributed by atoms with van der Waals surface area (Å²) in [5.41, 5.74) is 2.82. The standard InChI is InChI=1S/C25H35N3O4S/c1-25(2,3)19-5-11-23(12-6-19)33(30,31)26-16-13-24(29)27-20-7-9-21(10-8-20)28-17-14-22(32-4)15-18-28/h5-12,22,26H,13-18H2,1-4H3,(H,27,29). The quantitative estimate of drug-likeness (QED) is 0.607. The topological polar surface area (TPSA) is 87.7 Å². The zero-order valence-corrected chi connectivity index (χ0v) is 20.7. The first-order chi connectivity index (χ1) is 15.6. The molecule has 0 unspecified atom stereocenters. The summed E-state index contributed by atoms with van der Waals surface area (Å²) in [5.74, 6) is -0.241. The van der Waals surface area contributed by atoms with E-state index in [0.717, 1.165) is 37.2 Å². The van der Waals surface area contributed by atoms with Gasteiger partial charge < -0.3 is 15.0 Å².